The summed E-state index contributed by atoms with van der Waals surface area (Å²) in [6, 6.07) is 11.7. The van der Waals surface area contributed by atoms with E-state index in [0.29, 0.717) is 23.2 Å². The van der Waals surface area contributed by atoms with E-state index >= 15 is 0 Å². The summed E-state index contributed by atoms with van der Waals surface area (Å²) in [4.78, 5) is 15.2. The molecule has 4 rings (SSSR count). The van der Waals surface area contributed by atoms with Crippen molar-refractivity contribution in [2.45, 2.75) is 12.5 Å². The molecule has 27 heavy (non-hydrogen) atoms. The zero-order chi connectivity index (χ0) is 18.1. The Kier molecular flexibility index (Phi) is 5.29. The number of carboxylic acids is 1. The lowest BCUT2D eigenvalue weighted by atomic mass is 10.0. The fourth-order valence-electron chi connectivity index (χ4n) is 2.62. The van der Waals surface area contributed by atoms with Gasteiger partial charge >= 0.3 is 5.97 Å². The number of rotatable bonds is 5. The van der Waals surface area contributed by atoms with Crippen LogP contribution in [-0.4, -0.2) is 34.1 Å². The Morgan fingerprint density at radius 3 is 2.56 bits per heavy atom. The van der Waals surface area contributed by atoms with Crippen LogP contribution >= 0.6 is 12.4 Å². The lowest BCUT2D eigenvalue weighted by molar-refractivity contribution is -0.138. The van der Waals surface area contributed by atoms with Gasteiger partial charge in [-0.3, -0.25) is 4.79 Å². The first-order valence-electron chi connectivity index (χ1n) is 7.91. The number of hydrogen-bond acceptors (Lipinski definition) is 7. The van der Waals surface area contributed by atoms with Crippen LogP contribution in [-0.2, 0) is 11.2 Å². The van der Waals surface area contributed by atoms with Crippen molar-refractivity contribution in [3.05, 3.63) is 48.0 Å². The first kappa shape index (κ1) is 18.7. The molecule has 0 saturated heterocycles. The fourth-order valence-corrected chi connectivity index (χ4v) is 2.62. The van der Waals surface area contributed by atoms with Crippen LogP contribution in [0.4, 0.5) is 0 Å². The monoisotopic (exact) mass is 389 g/mol. The number of ether oxygens (including phenoxy) is 2. The molecule has 0 bridgehead atoms. The van der Waals surface area contributed by atoms with Gasteiger partial charge in [0.15, 0.2) is 11.5 Å². The highest BCUT2D eigenvalue weighted by Gasteiger charge is 2.17. The summed E-state index contributed by atoms with van der Waals surface area (Å²) in [6.45, 7) is 0.200. The van der Waals surface area contributed by atoms with Crippen LogP contribution in [0.5, 0.6) is 11.5 Å². The van der Waals surface area contributed by atoms with E-state index in [9.17, 15) is 4.79 Å². The molecule has 1 atom stereocenters. The van der Waals surface area contributed by atoms with Crippen LogP contribution < -0.4 is 15.2 Å². The molecule has 0 fully saturated rings. The molecule has 2 aromatic carbocycles. The van der Waals surface area contributed by atoms with Gasteiger partial charge in [-0.05, 0) is 30.2 Å². The minimum atomic E-state index is -1.03. The predicted molar refractivity (Wildman–Crippen MR) is 97.9 cm³/mol. The van der Waals surface area contributed by atoms with Crippen molar-refractivity contribution in [2.24, 2.45) is 5.73 Å². The predicted octanol–water partition coefficient (Wildman–Crippen LogP) is 2.51. The number of nitrogens with two attached hydrogens (primary N) is 1. The number of aliphatic carboxylic acids is 1. The normalized spacial score (nSPS) is 13.1. The van der Waals surface area contributed by atoms with Crippen molar-refractivity contribution in [3.63, 3.8) is 0 Å². The molecular weight excluding hydrogens is 374 g/mol. The maximum Gasteiger partial charge on any atom is 0.320 e. The van der Waals surface area contributed by atoms with Gasteiger partial charge in [0.2, 0.25) is 12.6 Å². The minimum absolute atomic E-state index is 0. The molecule has 0 radical (unpaired) electrons. The second-order valence-electron chi connectivity index (χ2n) is 5.84. The third-order valence-electron chi connectivity index (χ3n) is 4.03. The molecule has 3 aromatic rings. The SMILES string of the molecule is Cl.N[C@@H](Cc1ccc(-c2noc(-c3ccc4c(c3)OCO4)n2)cc1)C(=O)O. The number of fused-ring (bicyclic) bond motifs is 1. The zero-order valence-electron chi connectivity index (χ0n) is 14.0. The first-order valence-corrected chi connectivity index (χ1v) is 7.91. The molecule has 0 aliphatic carbocycles. The van der Waals surface area contributed by atoms with Gasteiger partial charge in [0.25, 0.3) is 5.89 Å². The lowest BCUT2D eigenvalue weighted by Gasteiger charge is -2.06. The second kappa shape index (κ2) is 7.65. The molecule has 2 heterocycles. The van der Waals surface area contributed by atoms with E-state index in [1.165, 1.54) is 0 Å². The van der Waals surface area contributed by atoms with Crippen molar-refractivity contribution in [1.82, 2.24) is 10.1 Å². The Bertz CT molecular complexity index is 958. The summed E-state index contributed by atoms with van der Waals surface area (Å²) in [5.74, 6) is 1.10. The second-order valence-corrected chi connectivity index (χ2v) is 5.84. The van der Waals surface area contributed by atoms with Gasteiger partial charge in [-0.25, -0.2) is 0 Å². The van der Waals surface area contributed by atoms with Gasteiger partial charge in [0.05, 0.1) is 0 Å². The van der Waals surface area contributed by atoms with Crippen LogP contribution in [0.2, 0.25) is 0 Å². The highest BCUT2D eigenvalue weighted by Crippen LogP contribution is 2.35. The third kappa shape index (κ3) is 3.86. The number of nitrogens with zero attached hydrogens (tertiary/aromatic N) is 2. The first-order chi connectivity index (χ1) is 12.6. The fraction of sp³-hybridized carbons (Fsp3) is 0.167. The van der Waals surface area contributed by atoms with Gasteiger partial charge in [-0.2, -0.15) is 4.98 Å². The van der Waals surface area contributed by atoms with Crippen molar-refractivity contribution in [1.29, 1.82) is 0 Å². The van der Waals surface area contributed by atoms with Crippen LogP contribution in [0.15, 0.2) is 47.0 Å². The summed E-state index contributed by atoms with van der Waals surface area (Å²) >= 11 is 0. The van der Waals surface area contributed by atoms with Gasteiger partial charge < -0.3 is 24.8 Å². The number of carboxylic acid groups (broad SMARTS) is 1. The van der Waals surface area contributed by atoms with Gasteiger partial charge in [0.1, 0.15) is 6.04 Å². The molecule has 9 heteroatoms. The maximum absolute atomic E-state index is 10.8. The van der Waals surface area contributed by atoms with E-state index in [0.717, 1.165) is 16.7 Å². The zero-order valence-corrected chi connectivity index (χ0v) is 14.8. The minimum Gasteiger partial charge on any atom is -0.480 e. The highest BCUT2D eigenvalue weighted by atomic mass is 35.5. The molecule has 8 nitrogen and oxygen atoms in total. The summed E-state index contributed by atoms with van der Waals surface area (Å²) in [5, 5.41) is 12.9. The molecule has 1 aliphatic heterocycles. The Hall–Kier alpha value is -3.10. The molecule has 0 spiro atoms. The van der Waals surface area contributed by atoms with Gasteiger partial charge in [-0.1, -0.05) is 29.4 Å². The number of benzene rings is 2. The Labute approximate surface area is 160 Å². The third-order valence-corrected chi connectivity index (χ3v) is 4.03. The quantitative estimate of drug-likeness (QED) is 0.682. The summed E-state index contributed by atoms with van der Waals surface area (Å²) in [6.07, 6.45) is 0.254. The topological polar surface area (TPSA) is 121 Å². The van der Waals surface area contributed by atoms with Gasteiger partial charge in [-0.15, -0.1) is 12.4 Å². The van der Waals surface area contributed by atoms with Crippen LogP contribution in [0, 0.1) is 0 Å². The number of hydrogen-bond donors (Lipinski definition) is 2. The molecule has 0 amide bonds. The van der Waals surface area contributed by atoms with Crippen LogP contribution in [0.3, 0.4) is 0 Å². The molecule has 1 aliphatic rings. The highest BCUT2D eigenvalue weighted by molar-refractivity contribution is 5.85. The van der Waals surface area contributed by atoms with E-state index < -0.39 is 12.0 Å². The van der Waals surface area contributed by atoms with E-state index in [4.69, 9.17) is 24.8 Å². The average Bonchev–Trinajstić information content (AvgIpc) is 3.31. The molecule has 0 saturated carbocycles. The Morgan fingerprint density at radius 1 is 1.11 bits per heavy atom. The van der Waals surface area contributed by atoms with Gasteiger partial charge in [0, 0.05) is 11.1 Å². The Morgan fingerprint density at radius 2 is 1.81 bits per heavy atom. The number of aromatic nitrogens is 2. The summed E-state index contributed by atoms with van der Waals surface area (Å²) in [7, 11) is 0. The van der Waals surface area contributed by atoms with Crippen LogP contribution in [0.25, 0.3) is 22.8 Å². The molecule has 3 N–H and O–H groups in total. The molecular formula is C18H16ClN3O5. The van der Waals surface area contributed by atoms with Crippen molar-refractivity contribution in [2.75, 3.05) is 6.79 Å². The van der Waals surface area contributed by atoms with Crippen LogP contribution in [0.1, 0.15) is 5.56 Å². The van der Waals surface area contributed by atoms with E-state index in [2.05, 4.69) is 10.1 Å². The molecule has 1 aromatic heterocycles. The summed E-state index contributed by atoms with van der Waals surface area (Å²) in [5.41, 5.74) is 7.86. The lowest BCUT2D eigenvalue weighted by Crippen LogP contribution is -2.32. The van der Waals surface area contributed by atoms with Crippen molar-refractivity contribution in [3.8, 4) is 34.3 Å². The van der Waals surface area contributed by atoms with E-state index in [-0.39, 0.29) is 25.6 Å². The van der Waals surface area contributed by atoms with Crippen molar-refractivity contribution < 1.29 is 23.9 Å². The largest absolute Gasteiger partial charge is 0.480 e. The number of halogens is 1. The van der Waals surface area contributed by atoms with E-state index in [1.807, 2.05) is 6.07 Å². The standard InChI is InChI=1S/C18H15N3O5.ClH/c19-13(18(22)23)7-10-1-3-11(4-2-10)16-20-17(26-21-16)12-5-6-14-15(8-12)25-9-24-14;/h1-6,8,13H,7,9,19H2,(H,22,23);1H/t13-;/m0./s1. The van der Waals surface area contributed by atoms with E-state index in [1.54, 1.807) is 36.4 Å². The number of carbonyl (C=O) groups is 1. The maximum atomic E-state index is 10.8. The smallest absolute Gasteiger partial charge is 0.320 e. The molecule has 140 valence electrons. The molecule has 0 unspecified atom stereocenters. The average molecular weight is 390 g/mol. The Balaban J connectivity index is 0.00000210. The van der Waals surface area contributed by atoms with Crippen molar-refractivity contribution >= 4 is 18.4 Å². The summed E-state index contributed by atoms with van der Waals surface area (Å²) < 4.78 is 16.0.